The Morgan fingerprint density at radius 3 is 2.11 bits per heavy atom. The smallest absolute Gasteiger partial charge is 0.431 e. The summed E-state index contributed by atoms with van der Waals surface area (Å²) < 4.78 is 68.8. The van der Waals surface area contributed by atoms with Crippen LogP contribution >= 0.6 is 0 Å². The van der Waals surface area contributed by atoms with Gasteiger partial charge in [0, 0.05) is 26.0 Å². The zero-order valence-electron chi connectivity index (χ0n) is 23.2. The van der Waals surface area contributed by atoms with Crippen molar-refractivity contribution in [2.45, 2.75) is 6.18 Å². The van der Waals surface area contributed by atoms with Gasteiger partial charge in [-0.05, 0) is 56.7 Å². The van der Waals surface area contributed by atoms with Gasteiger partial charge in [-0.15, -0.1) is 35.6 Å². The molecule has 6 rings (SSSR count). The zero-order chi connectivity index (χ0) is 31.4. The van der Waals surface area contributed by atoms with Gasteiger partial charge in [0.05, 0.1) is 6.07 Å². The molecule has 4 aromatic rings. The summed E-state index contributed by atoms with van der Waals surface area (Å²) in [5.74, 6) is -2.76. The fourth-order valence-corrected chi connectivity index (χ4v) is 3.80. The van der Waals surface area contributed by atoms with Gasteiger partial charge in [0.1, 0.15) is 17.6 Å². The summed E-state index contributed by atoms with van der Waals surface area (Å²) in [5.41, 5.74) is 0.878. The summed E-state index contributed by atoms with van der Waals surface area (Å²) in [6, 6.07) is 17.0. The average Bonchev–Trinajstić information content (AvgIpc) is 3.75. The van der Waals surface area contributed by atoms with Crippen LogP contribution in [0, 0.1) is 48.7 Å². The molecule has 0 fully saturated rings. The van der Waals surface area contributed by atoms with Crippen LogP contribution in [0.15, 0.2) is 67.3 Å². The van der Waals surface area contributed by atoms with E-state index in [1.165, 1.54) is 18.2 Å². The van der Waals surface area contributed by atoms with Crippen molar-refractivity contribution in [3.05, 3.63) is 116 Å². The van der Waals surface area contributed by atoms with Crippen molar-refractivity contribution in [1.29, 1.82) is 5.26 Å². The maximum absolute atomic E-state index is 13.6. The second-order valence-corrected chi connectivity index (χ2v) is 9.14. The number of benzene rings is 1. The summed E-state index contributed by atoms with van der Waals surface area (Å²) in [6.45, 7) is 3.87. The molecule has 1 aromatic carbocycles. The van der Waals surface area contributed by atoms with E-state index < -0.39 is 29.6 Å². The fourth-order valence-electron chi connectivity index (χ4n) is 3.80. The van der Waals surface area contributed by atoms with Crippen molar-refractivity contribution in [2.75, 3.05) is 23.9 Å². The van der Waals surface area contributed by atoms with Crippen molar-refractivity contribution in [2.24, 2.45) is 0 Å². The van der Waals surface area contributed by atoms with Crippen LogP contribution in [0.25, 0.3) is 11.3 Å². The number of nitriles is 1. The first-order valence-corrected chi connectivity index (χ1v) is 12.5. The number of ether oxygens (including phenoxy) is 1. The molecule has 0 unspecified atom stereocenters. The summed E-state index contributed by atoms with van der Waals surface area (Å²) in [6.07, 6.45) is 3.12. The fraction of sp³-hybridized carbons (Fsp3) is 0.103. The number of pyridine rings is 2. The van der Waals surface area contributed by atoms with E-state index in [0.717, 1.165) is 17.4 Å². The molecule has 0 atom stereocenters. The molecule has 0 saturated carbocycles. The zero-order valence-corrected chi connectivity index (χ0v) is 25.6. The maximum Gasteiger partial charge on any atom is 0.431 e. The number of anilines is 2. The number of halogens is 5. The number of alkyl halides is 3. The van der Waals surface area contributed by atoms with E-state index in [1.54, 1.807) is 0 Å². The molecule has 2 aliphatic heterocycles. The van der Waals surface area contributed by atoms with Gasteiger partial charge in [0.15, 0.2) is 0 Å². The molecule has 235 valence electrons. The Morgan fingerprint density at radius 1 is 0.956 bits per heavy atom. The average molecular weight is 797 g/mol. The minimum Gasteiger partial charge on any atom is -0.544 e. The van der Waals surface area contributed by atoms with Crippen molar-refractivity contribution in [1.82, 2.24) is 30.0 Å². The summed E-state index contributed by atoms with van der Waals surface area (Å²) in [7, 11) is 3.91. The topological polar surface area (TPSA) is 98.8 Å². The van der Waals surface area contributed by atoms with E-state index in [1.807, 2.05) is 84.0 Å². The number of nitrogens with zero attached hydrogens (tertiary/aromatic N) is 9. The molecule has 10 nitrogen and oxygen atoms in total. The van der Waals surface area contributed by atoms with Gasteiger partial charge in [-0.2, -0.15) is 31.8 Å². The van der Waals surface area contributed by atoms with Crippen LogP contribution in [0.4, 0.5) is 33.3 Å². The van der Waals surface area contributed by atoms with E-state index in [0.29, 0.717) is 11.6 Å². The van der Waals surface area contributed by atoms with E-state index >= 15 is 0 Å². The van der Waals surface area contributed by atoms with Crippen LogP contribution in [0.5, 0.6) is 11.8 Å². The molecule has 16 heteroatoms. The monoisotopic (exact) mass is 797 g/mol. The van der Waals surface area contributed by atoms with E-state index in [2.05, 4.69) is 38.4 Å². The Labute approximate surface area is 268 Å². The second kappa shape index (κ2) is 13.7. The molecule has 1 radical (unpaired) electrons. The number of hydrogen-bond acceptors (Lipinski definition) is 9. The molecule has 2 aliphatic rings. The normalized spacial score (nSPS) is 13.8. The molecular formula is C29H19F5IrN9O-5. The van der Waals surface area contributed by atoms with Gasteiger partial charge < -0.3 is 34.5 Å². The Kier molecular flexibility index (Phi) is 10.1. The van der Waals surface area contributed by atoms with Crippen molar-refractivity contribution in [3.8, 4) is 29.1 Å². The van der Waals surface area contributed by atoms with E-state index in [9.17, 15) is 27.2 Å². The predicted octanol–water partition coefficient (Wildman–Crippen LogP) is 5.43. The predicted molar refractivity (Wildman–Crippen MR) is 146 cm³/mol. The van der Waals surface area contributed by atoms with Crippen LogP contribution in [0.3, 0.4) is 0 Å². The molecule has 0 saturated heterocycles. The van der Waals surface area contributed by atoms with Crippen molar-refractivity contribution < 1.29 is 46.8 Å². The minimum absolute atomic E-state index is 0. The quantitative estimate of drug-likeness (QED) is 0.148. The van der Waals surface area contributed by atoms with Crippen molar-refractivity contribution >= 4 is 11.4 Å². The minimum atomic E-state index is -4.65. The standard InChI is InChI=1S/C15H14N5.C14H5F5N4O.Ir/c1-17-3-5-19(11-17)14-7-13(10-16)8-15(9-14)20-6-4-18(2)12-20;15-10-5-4-7(13(16)21-10)8-2-1-3-11(20-8)24-12-6-9(22-23-12)14(17,18)19;/h3-8,11-12H,1-2H3;1-3,5-6H;/q-3;-2;. The van der Waals surface area contributed by atoms with Crippen LogP contribution in [-0.4, -0.2) is 39.0 Å². The summed E-state index contributed by atoms with van der Waals surface area (Å²) in [4.78, 5) is 14.7. The number of hydrogen-bond donors (Lipinski definition) is 0. The first-order valence-electron chi connectivity index (χ1n) is 12.5. The SMILES string of the molecule is CN1C=CN(c2[c-]c(N3C=CN(C)[CH-]3)cc(C#N)c2)[CH-]1.Fc1c[c-]c(-c2cccc(Oc3cc(C(F)(F)F)n[n-]3)n2)c(F)n1.[Ir]. The second-order valence-electron chi connectivity index (χ2n) is 9.14. The van der Waals surface area contributed by atoms with Crippen LogP contribution < -0.4 is 19.6 Å². The Bertz CT molecular complexity index is 1710. The molecule has 0 amide bonds. The van der Waals surface area contributed by atoms with Crippen LogP contribution in [0.2, 0.25) is 0 Å². The Hall–Kier alpha value is -5.00. The van der Waals surface area contributed by atoms with Gasteiger partial charge in [-0.1, -0.05) is 29.3 Å². The van der Waals surface area contributed by atoms with E-state index in [4.69, 9.17) is 4.74 Å². The Morgan fingerprint density at radius 2 is 1.60 bits per heavy atom. The van der Waals surface area contributed by atoms with Gasteiger partial charge in [-0.3, -0.25) is 9.97 Å². The van der Waals surface area contributed by atoms with Gasteiger partial charge in [0.25, 0.3) is 0 Å². The first kappa shape index (κ1) is 32.9. The van der Waals surface area contributed by atoms with Crippen molar-refractivity contribution in [3.63, 3.8) is 0 Å². The first-order chi connectivity index (χ1) is 21.0. The molecule has 5 heterocycles. The van der Waals surface area contributed by atoms with Crippen LogP contribution in [0.1, 0.15) is 11.3 Å². The number of aromatic nitrogens is 4. The molecule has 0 N–H and O–H groups in total. The molecule has 0 bridgehead atoms. The third kappa shape index (κ3) is 8.14. The van der Waals surface area contributed by atoms with Gasteiger partial charge in [-0.25, -0.2) is 8.78 Å². The third-order valence-corrected chi connectivity index (χ3v) is 5.81. The molecule has 3 aromatic heterocycles. The van der Waals surface area contributed by atoms with E-state index in [-0.39, 0.29) is 37.2 Å². The molecule has 0 spiro atoms. The largest absolute Gasteiger partial charge is 0.544 e. The molecule has 0 aliphatic carbocycles. The summed E-state index contributed by atoms with van der Waals surface area (Å²) in [5, 5.41) is 15.4. The van der Waals surface area contributed by atoms with Crippen LogP contribution in [-0.2, 0) is 26.3 Å². The molecular weight excluding hydrogens is 778 g/mol. The maximum atomic E-state index is 13.6. The van der Waals surface area contributed by atoms with Gasteiger partial charge in [0.2, 0.25) is 5.88 Å². The third-order valence-electron chi connectivity index (χ3n) is 5.81. The Balaban J connectivity index is 0.000000203. The summed E-state index contributed by atoms with van der Waals surface area (Å²) >= 11 is 0. The molecule has 45 heavy (non-hydrogen) atoms. The number of rotatable bonds is 5. The van der Waals surface area contributed by atoms with Gasteiger partial charge >= 0.3 is 6.18 Å².